The summed E-state index contributed by atoms with van der Waals surface area (Å²) in [6, 6.07) is 4.98. The number of likely N-dealkylation sites (N-methyl/N-ethyl adjacent to an activating group) is 1. The van der Waals surface area contributed by atoms with Crippen LogP contribution in [0.25, 0.3) is 0 Å². The third kappa shape index (κ3) is 4.27. The lowest BCUT2D eigenvalue weighted by Crippen LogP contribution is -2.57. The van der Waals surface area contributed by atoms with Gasteiger partial charge in [0.15, 0.2) is 5.92 Å². The standard InChI is InChI=1S/C19H25FN4O3/c1-3-23-9-11-24(12-10-23)19-21-16(13-5-7-14(20)8-6-13)15(17(25)22-19)18(26)27-4-2/h5-8,15-16H,3-4,9-12H2,1-2H3,(H,21,22,25)/t15-,16+/m1/s1. The second kappa shape index (κ2) is 8.47. The number of nitrogens with zero attached hydrogens (tertiary/aromatic N) is 3. The number of carbonyl (C=O) groups is 2. The van der Waals surface area contributed by atoms with E-state index in [-0.39, 0.29) is 12.4 Å². The fourth-order valence-electron chi connectivity index (χ4n) is 3.40. The van der Waals surface area contributed by atoms with Crippen LogP contribution >= 0.6 is 0 Å². The number of hydrogen-bond acceptors (Lipinski definition) is 6. The Morgan fingerprint density at radius 1 is 1.22 bits per heavy atom. The Hall–Kier alpha value is -2.48. The van der Waals surface area contributed by atoms with Crippen LogP contribution in [0.3, 0.4) is 0 Å². The number of guanidine groups is 1. The fraction of sp³-hybridized carbons (Fsp3) is 0.526. The number of nitrogens with one attached hydrogen (secondary N) is 1. The fourth-order valence-corrected chi connectivity index (χ4v) is 3.40. The van der Waals surface area contributed by atoms with Crippen molar-refractivity contribution in [2.45, 2.75) is 19.9 Å². The second-order valence-corrected chi connectivity index (χ2v) is 6.59. The Morgan fingerprint density at radius 3 is 2.48 bits per heavy atom. The van der Waals surface area contributed by atoms with Gasteiger partial charge in [0.2, 0.25) is 11.9 Å². The van der Waals surface area contributed by atoms with Crippen LogP contribution in [0.15, 0.2) is 29.3 Å². The molecule has 0 unspecified atom stereocenters. The number of aliphatic imine (C=N–C) groups is 1. The van der Waals surface area contributed by atoms with Crippen molar-refractivity contribution in [3.63, 3.8) is 0 Å². The first-order valence-electron chi connectivity index (χ1n) is 9.31. The number of carbonyl (C=O) groups excluding carboxylic acids is 2. The van der Waals surface area contributed by atoms with E-state index in [2.05, 4.69) is 22.1 Å². The van der Waals surface area contributed by atoms with Gasteiger partial charge >= 0.3 is 5.97 Å². The zero-order valence-electron chi connectivity index (χ0n) is 15.7. The first-order chi connectivity index (χ1) is 13.0. The maximum absolute atomic E-state index is 13.3. The maximum atomic E-state index is 13.3. The number of esters is 1. The SMILES string of the molecule is CCOC(=O)[C@H]1C(=O)NC(N2CCN(CC)CC2)=N[C@H]1c1ccc(F)cc1. The van der Waals surface area contributed by atoms with Crippen molar-refractivity contribution < 1.29 is 18.7 Å². The number of ether oxygens (including phenoxy) is 1. The molecule has 2 atom stereocenters. The van der Waals surface area contributed by atoms with Crippen LogP contribution in [0.5, 0.6) is 0 Å². The van der Waals surface area contributed by atoms with E-state index >= 15 is 0 Å². The smallest absolute Gasteiger partial charge is 0.321 e. The van der Waals surface area contributed by atoms with Crippen LogP contribution in [0.2, 0.25) is 0 Å². The number of halogens is 1. The van der Waals surface area contributed by atoms with Crippen molar-refractivity contribution in [3.8, 4) is 0 Å². The summed E-state index contributed by atoms with van der Waals surface area (Å²) in [4.78, 5) is 34.1. The van der Waals surface area contributed by atoms with E-state index in [1.807, 2.05) is 4.90 Å². The first kappa shape index (κ1) is 19.3. The molecule has 7 nitrogen and oxygen atoms in total. The van der Waals surface area contributed by atoms with Crippen LogP contribution in [0, 0.1) is 11.7 Å². The predicted octanol–water partition coefficient (Wildman–Crippen LogP) is 1.17. The monoisotopic (exact) mass is 376 g/mol. The highest BCUT2D eigenvalue weighted by Crippen LogP contribution is 2.31. The van der Waals surface area contributed by atoms with Crippen molar-refractivity contribution in [2.24, 2.45) is 10.9 Å². The highest BCUT2D eigenvalue weighted by atomic mass is 19.1. The Morgan fingerprint density at radius 2 is 1.89 bits per heavy atom. The molecule has 1 aromatic rings. The van der Waals surface area contributed by atoms with E-state index in [4.69, 9.17) is 4.74 Å². The molecule has 27 heavy (non-hydrogen) atoms. The molecule has 1 aromatic carbocycles. The molecular formula is C19H25FN4O3. The van der Waals surface area contributed by atoms with Gasteiger partial charge in [0.25, 0.3) is 0 Å². The molecule has 3 rings (SSSR count). The molecule has 0 spiro atoms. The molecule has 8 heteroatoms. The van der Waals surface area contributed by atoms with E-state index in [0.717, 1.165) is 32.7 Å². The lowest BCUT2D eigenvalue weighted by molar-refractivity contribution is -0.153. The van der Waals surface area contributed by atoms with Crippen LogP contribution in [0.1, 0.15) is 25.5 Å². The van der Waals surface area contributed by atoms with Crippen LogP contribution in [0.4, 0.5) is 4.39 Å². The zero-order chi connectivity index (χ0) is 19.4. The highest BCUT2D eigenvalue weighted by Gasteiger charge is 2.42. The Balaban J connectivity index is 1.90. The number of amides is 1. The minimum absolute atomic E-state index is 0.175. The van der Waals surface area contributed by atoms with Gasteiger partial charge < -0.3 is 14.5 Å². The van der Waals surface area contributed by atoms with E-state index in [1.165, 1.54) is 12.1 Å². The van der Waals surface area contributed by atoms with Gasteiger partial charge in [-0.2, -0.15) is 0 Å². The molecule has 0 aromatic heterocycles. The number of benzene rings is 1. The summed E-state index contributed by atoms with van der Waals surface area (Å²) in [5.41, 5.74) is 0.606. The third-order valence-corrected chi connectivity index (χ3v) is 4.97. The molecule has 1 N–H and O–H groups in total. The van der Waals surface area contributed by atoms with E-state index in [1.54, 1.807) is 19.1 Å². The van der Waals surface area contributed by atoms with Crippen molar-refractivity contribution >= 4 is 17.8 Å². The maximum Gasteiger partial charge on any atom is 0.321 e. The summed E-state index contributed by atoms with van der Waals surface area (Å²) in [5.74, 6) is -2.07. The Bertz CT molecular complexity index is 714. The topological polar surface area (TPSA) is 74.2 Å². The molecule has 0 saturated carbocycles. The third-order valence-electron chi connectivity index (χ3n) is 4.97. The normalized spacial score (nSPS) is 23.6. The van der Waals surface area contributed by atoms with E-state index < -0.39 is 23.8 Å². The van der Waals surface area contributed by atoms with Gasteiger partial charge in [0.05, 0.1) is 6.61 Å². The molecule has 2 heterocycles. The lowest BCUT2D eigenvalue weighted by Gasteiger charge is -2.38. The molecule has 146 valence electrons. The van der Waals surface area contributed by atoms with Crippen LogP contribution in [-0.4, -0.2) is 67.0 Å². The average Bonchev–Trinajstić information content (AvgIpc) is 2.68. The molecule has 1 amide bonds. The molecule has 1 saturated heterocycles. The van der Waals surface area contributed by atoms with Gasteiger partial charge in [-0.25, -0.2) is 9.38 Å². The van der Waals surface area contributed by atoms with Crippen molar-refractivity contribution in [3.05, 3.63) is 35.6 Å². The molecule has 0 radical (unpaired) electrons. The molecule has 2 aliphatic heterocycles. The van der Waals surface area contributed by atoms with Gasteiger partial charge in [0.1, 0.15) is 11.9 Å². The summed E-state index contributed by atoms with van der Waals surface area (Å²) in [5, 5.41) is 2.76. The zero-order valence-corrected chi connectivity index (χ0v) is 15.7. The van der Waals surface area contributed by atoms with E-state index in [9.17, 15) is 14.0 Å². The molecule has 0 aliphatic carbocycles. The minimum atomic E-state index is -1.09. The summed E-state index contributed by atoms with van der Waals surface area (Å²) in [6.07, 6.45) is 0. The highest BCUT2D eigenvalue weighted by molar-refractivity contribution is 6.08. The van der Waals surface area contributed by atoms with Crippen molar-refractivity contribution in [2.75, 3.05) is 39.3 Å². The lowest BCUT2D eigenvalue weighted by atomic mass is 9.91. The van der Waals surface area contributed by atoms with Gasteiger partial charge in [-0.1, -0.05) is 19.1 Å². The molecular weight excluding hydrogens is 351 g/mol. The van der Waals surface area contributed by atoms with Gasteiger partial charge in [0, 0.05) is 26.2 Å². The number of rotatable bonds is 4. The van der Waals surface area contributed by atoms with Crippen molar-refractivity contribution in [1.82, 2.24) is 15.1 Å². The molecule has 2 aliphatic rings. The summed E-state index contributed by atoms with van der Waals surface area (Å²) < 4.78 is 18.4. The Labute approximate surface area is 158 Å². The van der Waals surface area contributed by atoms with Crippen molar-refractivity contribution in [1.29, 1.82) is 0 Å². The van der Waals surface area contributed by atoms with Gasteiger partial charge in [-0.15, -0.1) is 0 Å². The molecule has 0 bridgehead atoms. The van der Waals surface area contributed by atoms with Gasteiger partial charge in [-0.3, -0.25) is 14.9 Å². The average molecular weight is 376 g/mol. The first-order valence-corrected chi connectivity index (χ1v) is 9.31. The quantitative estimate of drug-likeness (QED) is 0.631. The molecule has 1 fully saturated rings. The van der Waals surface area contributed by atoms with Crippen LogP contribution in [-0.2, 0) is 14.3 Å². The predicted molar refractivity (Wildman–Crippen MR) is 98.5 cm³/mol. The summed E-state index contributed by atoms with van der Waals surface area (Å²) >= 11 is 0. The summed E-state index contributed by atoms with van der Waals surface area (Å²) in [7, 11) is 0. The largest absolute Gasteiger partial charge is 0.465 e. The van der Waals surface area contributed by atoms with E-state index in [0.29, 0.717) is 11.5 Å². The second-order valence-electron chi connectivity index (χ2n) is 6.59. The minimum Gasteiger partial charge on any atom is -0.465 e. The number of piperazine rings is 1. The van der Waals surface area contributed by atoms with Crippen LogP contribution < -0.4 is 5.32 Å². The summed E-state index contributed by atoms with van der Waals surface area (Å²) in [6.45, 7) is 8.21. The Kier molecular flexibility index (Phi) is 6.05. The number of hydrogen-bond donors (Lipinski definition) is 1. The van der Waals surface area contributed by atoms with Gasteiger partial charge in [-0.05, 0) is 31.2 Å².